The van der Waals surface area contributed by atoms with Gasteiger partial charge in [0.25, 0.3) is 0 Å². The van der Waals surface area contributed by atoms with Crippen LogP contribution in [0.1, 0.15) is 5.56 Å². The van der Waals surface area contributed by atoms with E-state index >= 15 is 0 Å². The Bertz CT molecular complexity index is 670. The predicted molar refractivity (Wildman–Crippen MR) is 58.5 cm³/mol. The Kier molecular flexibility index (Phi) is 1.63. The van der Waals surface area contributed by atoms with Crippen LogP contribution in [0.25, 0.3) is 16.3 Å². The van der Waals surface area contributed by atoms with Crippen LogP contribution in [-0.2, 0) is 0 Å². The summed E-state index contributed by atoms with van der Waals surface area (Å²) in [5, 5.41) is 0. The van der Waals surface area contributed by atoms with E-state index in [9.17, 15) is 4.79 Å². The number of aromatic nitrogens is 3. The van der Waals surface area contributed by atoms with Crippen LogP contribution in [0.4, 0.5) is 0 Å². The van der Waals surface area contributed by atoms with Crippen LogP contribution in [-0.4, -0.2) is 14.4 Å². The van der Waals surface area contributed by atoms with E-state index in [0.29, 0.717) is 5.82 Å². The van der Waals surface area contributed by atoms with Gasteiger partial charge in [-0.05, 0) is 24.6 Å². The summed E-state index contributed by atoms with van der Waals surface area (Å²) in [7, 11) is 0. The van der Waals surface area contributed by atoms with Crippen molar-refractivity contribution in [3.8, 4) is 10.7 Å². The molecule has 3 heterocycles. The Morgan fingerprint density at radius 2 is 2.33 bits per heavy atom. The normalized spacial score (nSPS) is 11.3. The van der Waals surface area contributed by atoms with Gasteiger partial charge in [0, 0.05) is 6.20 Å². The van der Waals surface area contributed by atoms with Crippen molar-refractivity contribution in [3.05, 3.63) is 39.8 Å². The molecule has 2 aliphatic heterocycles. The molecule has 0 spiro atoms. The van der Waals surface area contributed by atoms with Crippen molar-refractivity contribution in [2.75, 3.05) is 0 Å². The van der Waals surface area contributed by atoms with Crippen molar-refractivity contribution in [1.82, 2.24) is 14.4 Å². The van der Waals surface area contributed by atoms with E-state index in [-0.39, 0.29) is 4.87 Å². The van der Waals surface area contributed by atoms with Gasteiger partial charge in [-0.1, -0.05) is 11.3 Å². The zero-order valence-corrected chi connectivity index (χ0v) is 8.78. The Morgan fingerprint density at radius 3 is 3.20 bits per heavy atom. The van der Waals surface area contributed by atoms with Crippen LogP contribution < -0.4 is 4.87 Å². The van der Waals surface area contributed by atoms with Gasteiger partial charge in [0.05, 0.1) is 11.1 Å². The Hall–Kier alpha value is -1.75. The Labute approximate surface area is 89.2 Å². The molecule has 3 rings (SSSR count). The molecule has 0 saturated heterocycles. The predicted octanol–water partition coefficient (Wildman–Crippen LogP) is 1.56. The molecule has 15 heavy (non-hydrogen) atoms. The number of pyridine rings is 1. The molecular weight excluding hydrogens is 210 g/mol. The van der Waals surface area contributed by atoms with Crippen molar-refractivity contribution in [2.24, 2.45) is 0 Å². The summed E-state index contributed by atoms with van der Waals surface area (Å²) in [6.07, 6.45) is 3.59. The van der Waals surface area contributed by atoms with Crippen molar-refractivity contribution >= 4 is 17.0 Å². The maximum atomic E-state index is 11.2. The summed E-state index contributed by atoms with van der Waals surface area (Å²) in [5.41, 5.74) is 1.95. The van der Waals surface area contributed by atoms with Crippen LogP contribution >= 0.6 is 11.3 Å². The van der Waals surface area contributed by atoms with E-state index < -0.39 is 0 Å². The van der Waals surface area contributed by atoms with Gasteiger partial charge < -0.3 is 0 Å². The molecule has 74 valence electrons. The Morgan fingerprint density at radius 1 is 1.47 bits per heavy atom. The molecule has 1 aromatic heterocycles. The first-order chi connectivity index (χ1) is 7.24. The first kappa shape index (κ1) is 8.55. The molecule has 0 aromatic carbocycles. The summed E-state index contributed by atoms with van der Waals surface area (Å²) in [5.74, 6) is 0.690. The summed E-state index contributed by atoms with van der Waals surface area (Å²) < 4.78 is 1.83. The number of hydrogen-bond acceptors (Lipinski definition) is 4. The SMILES string of the molecule is Cc1ccn2c3nc(=O)sc-3cnc2c1. The molecule has 0 bridgehead atoms. The maximum Gasteiger partial charge on any atom is 0.329 e. The molecule has 0 amide bonds. The first-order valence-corrected chi connectivity index (χ1v) is 5.30. The highest BCUT2D eigenvalue weighted by molar-refractivity contribution is 7.12. The highest BCUT2D eigenvalue weighted by atomic mass is 32.1. The zero-order valence-electron chi connectivity index (χ0n) is 7.97. The van der Waals surface area contributed by atoms with E-state index in [4.69, 9.17) is 0 Å². The van der Waals surface area contributed by atoms with E-state index in [1.165, 1.54) is 0 Å². The number of rotatable bonds is 0. The second-order valence-corrected chi connectivity index (χ2v) is 4.35. The van der Waals surface area contributed by atoms with Gasteiger partial charge in [0.2, 0.25) is 0 Å². The fourth-order valence-electron chi connectivity index (χ4n) is 1.55. The molecule has 0 fully saturated rings. The van der Waals surface area contributed by atoms with Crippen LogP contribution in [0.3, 0.4) is 0 Å². The molecule has 0 atom stereocenters. The molecule has 0 radical (unpaired) electrons. The van der Waals surface area contributed by atoms with Gasteiger partial charge >= 0.3 is 4.87 Å². The van der Waals surface area contributed by atoms with Crippen LogP contribution in [0, 0.1) is 6.92 Å². The Balaban J connectivity index is 2.53. The third-order valence-corrected chi connectivity index (χ3v) is 3.02. The molecule has 2 aliphatic rings. The lowest BCUT2D eigenvalue weighted by molar-refractivity contribution is 1.05. The third kappa shape index (κ3) is 1.24. The average Bonchev–Trinajstić information content (AvgIpc) is 2.58. The summed E-state index contributed by atoms with van der Waals surface area (Å²) >= 11 is 1.12. The van der Waals surface area contributed by atoms with E-state index in [2.05, 4.69) is 9.97 Å². The van der Waals surface area contributed by atoms with E-state index in [1.807, 2.05) is 29.7 Å². The second kappa shape index (κ2) is 2.87. The molecular formula is C10H7N3OS. The minimum atomic E-state index is -0.174. The summed E-state index contributed by atoms with van der Waals surface area (Å²) in [6, 6.07) is 3.93. The smallest absolute Gasteiger partial charge is 0.285 e. The average molecular weight is 217 g/mol. The lowest BCUT2D eigenvalue weighted by Crippen LogP contribution is -1.99. The lowest BCUT2D eigenvalue weighted by Gasteiger charge is -2.05. The fraction of sp³-hybridized carbons (Fsp3) is 0.100. The summed E-state index contributed by atoms with van der Waals surface area (Å²) in [6.45, 7) is 2.01. The van der Waals surface area contributed by atoms with Crippen molar-refractivity contribution < 1.29 is 0 Å². The van der Waals surface area contributed by atoms with Gasteiger partial charge in [-0.15, -0.1) is 0 Å². The minimum Gasteiger partial charge on any atom is -0.285 e. The van der Waals surface area contributed by atoms with Gasteiger partial charge in [-0.25, -0.2) is 4.98 Å². The van der Waals surface area contributed by atoms with E-state index in [0.717, 1.165) is 27.4 Å². The number of hydrogen-bond donors (Lipinski definition) is 0. The van der Waals surface area contributed by atoms with Crippen molar-refractivity contribution in [1.29, 1.82) is 0 Å². The first-order valence-electron chi connectivity index (χ1n) is 4.48. The molecule has 5 heteroatoms. The molecule has 4 nitrogen and oxygen atoms in total. The maximum absolute atomic E-state index is 11.2. The molecule has 1 aromatic rings. The number of aryl methyl sites for hydroxylation is 1. The number of nitrogens with zero attached hydrogens (tertiary/aromatic N) is 3. The van der Waals surface area contributed by atoms with E-state index in [1.54, 1.807) is 6.20 Å². The van der Waals surface area contributed by atoms with Crippen LogP contribution in [0.2, 0.25) is 0 Å². The molecule has 0 unspecified atom stereocenters. The van der Waals surface area contributed by atoms with Gasteiger partial charge in [0.1, 0.15) is 5.65 Å². The van der Waals surface area contributed by atoms with Gasteiger partial charge in [-0.2, -0.15) is 4.98 Å². The van der Waals surface area contributed by atoms with Gasteiger partial charge in [-0.3, -0.25) is 9.20 Å². The second-order valence-electron chi connectivity index (χ2n) is 3.36. The quantitative estimate of drug-likeness (QED) is 0.574. The number of thiazole rings is 1. The zero-order chi connectivity index (χ0) is 10.4. The fourth-order valence-corrected chi connectivity index (χ4v) is 2.21. The van der Waals surface area contributed by atoms with Crippen molar-refractivity contribution in [3.63, 3.8) is 0 Å². The molecule has 0 N–H and O–H groups in total. The standard InChI is InChI=1S/C10H7N3OS/c1-6-2-3-13-8(4-6)11-5-7-9(13)12-10(14)15-7/h2-5H,1H3. The highest BCUT2D eigenvalue weighted by Gasteiger charge is 2.11. The van der Waals surface area contributed by atoms with Gasteiger partial charge in [0.15, 0.2) is 5.82 Å². The monoisotopic (exact) mass is 217 g/mol. The molecule has 0 aliphatic carbocycles. The largest absolute Gasteiger partial charge is 0.329 e. The minimum absolute atomic E-state index is 0.174. The highest BCUT2D eigenvalue weighted by Crippen LogP contribution is 2.21. The van der Waals surface area contributed by atoms with Crippen molar-refractivity contribution in [2.45, 2.75) is 6.92 Å². The summed E-state index contributed by atoms with van der Waals surface area (Å²) in [4.78, 5) is 20.0. The topological polar surface area (TPSA) is 47.3 Å². The lowest BCUT2D eigenvalue weighted by atomic mass is 10.3. The third-order valence-electron chi connectivity index (χ3n) is 2.25. The van der Waals surface area contributed by atoms with Crippen LogP contribution in [0.5, 0.6) is 0 Å². The number of fused-ring (bicyclic) bond motifs is 3. The molecule has 0 saturated carbocycles. The van der Waals surface area contributed by atoms with Crippen LogP contribution in [0.15, 0.2) is 29.3 Å².